The molecule has 0 spiro atoms. The lowest BCUT2D eigenvalue weighted by Crippen LogP contribution is -2.21. The van der Waals surface area contributed by atoms with E-state index in [0.717, 1.165) is 10.9 Å². The summed E-state index contributed by atoms with van der Waals surface area (Å²) >= 11 is 0. The SMILES string of the molecule is COc1cccc2cc(CC#N)c(=O)n(C)c12. The van der Waals surface area contributed by atoms with Gasteiger partial charge in [0, 0.05) is 18.0 Å². The highest BCUT2D eigenvalue weighted by Crippen LogP contribution is 2.24. The van der Waals surface area contributed by atoms with Gasteiger partial charge in [0.2, 0.25) is 0 Å². The Kier molecular flexibility index (Phi) is 2.84. The molecule has 0 aliphatic carbocycles. The Hall–Kier alpha value is -2.28. The Balaban J connectivity index is 2.87. The predicted octanol–water partition coefficient (Wildman–Crippen LogP) is 1.61. The van der Waals surface area contributed by atoms with E-state index in [1.54, 1.807) is 20.2 Å². The molecule has 2 aromatic rings. The van der Waals surface area contributed by atoms with Crippen LogP contribution >= 0.6 is 0 Å². The molecule has 4 nitrogen and oxygen atoms in total. The fourth-order valence-corrected chi connectivity index (χ4v) is 1.96. The molecule has 0 atom stereocenters. The summed E-state index contributed by atoms with van der Waals surface area (Å²) in [7, 11) is 3.26. The van der Waals surface area contributed by atoms with Crippen molar-refractivity contribution in [3.63, 3.8) is 0 Å². The highest BCUT2D eigenvalue weighted by atomic mass is 16.5. The van der Waals surface area contributed by atoms with Crippen LogP contribution in [0.15, 0.2) is 29.1 Å². The summed E-state index contributed by atoms with van der Waals surface area (Å²) in [6, 6.07) is 9.33. The summed E-state index contributed by atoms with van der Waals surface area (Å²) in [4.78, 5) is 12.0. The zero-order chi connectivity index (χ0) is 12.4. The van der Waals surface area contributed by atoms with Gasteiger partial charge in [0.25, 0.3) is 5.56 Å². The monoisotopic (exact) mass is 228 g/mol. The number of pyridine rings is 1. The maximum absolute atomic E-state index is 12.0. The molecule has 0 aliphatic heterocycles. The standard InChI is InChI=1S/C13H12N2O2/c1-15-12-9(4-3-5-11(12)17-2)8-10(6-7-14)13(15)16/h3-5,8H,6H2,1-2H3. The maximum Gasteiger partial charge on any atom is 0.255 e. The van der Waals surface area contributed by atoms with Gasteiger partial charge in [0.15, 0.2) is 0 Å². The van der Waals surface area contributed by atoms with E-state index >= 15 is 0 Å². The number of hydrogen-bond donors (Lipinski definition) is 0. The fraction of sp³-hybridized carbons (Fsp3) is 0.231. The van der Waals surface area contributed by atoms with Gasteiger partial charge >= 0.3 is 0 Å². The van der Waals surface area contributed by atoms with Crippen LogP contribution in [0, 0.1) is 11.3 Å². The fourth-order valence-electron chi connectivity index (χ4n) is 1.96. The van der Waals surface area contributed by atoms with E-state index in [-0.39, 0.29) is 12.0 Å². The first-order valence-corrected chi connectivity index (χ1v) is 5.21. The van der Waals surface area contributed by atoms with Gasteiger partial charge in [-0.05, 0) is 12.1 Å². The molecule has 0 amide bonds. The second-order valence-electron chi connectivity index (χ2n) is 3.77. The number of fused-ring (bicyclic) bond motifs is 1. The molecule has 0 radical (unpaired) electrons. The average molecular weight is 228 g/mol. The summed E-state index contributed by atoms with van der Waals surface area (Å²) in [6.07, 6.45) is 0.125. The minimum absolute atomic E-state index is 0.125. The number of hydrogen-bond acceptors (Lipinski definition) is 3. The Morgan fingerprint density at radius 3 is 2.88 bits per heavy atom. The number of nitriles is 1. The van der Waals surface area contributed by atoms with E-state index in [0.29, 0.717) is 11.3 Å². The van der Waals surface area contributed by atoms with Crippen LogP contribution in [0.25, 0.3) is 10.9 Å². The third kappa shape index (κ3) is 1.76. The molecular formula is C13H12N2O2. The Labute approximate surface area is 98.7 Å². The first-order valence-electron chi connectivity index (χ1n) is 5.21. The average Bonchev–Trinajstić information content (AvgIpc) is 2.35. The molecule has 1 aromatic heterocycles. The lowest BCUT2D eigenvalue weighted by molar-refractivity contribution is 0.417. The topological polar surface area (TPSA) is 55.0 Å². The van der Waals surface area contributed by atoms with Crippen LogP contribution in [0.1, 0.15) is 5.56 Å². The summed E-state index contributed by atoms with van der Waals surface area (Å²) in [5, 5.41) is 9.58. The molecule has 0 N–H and O–H groups in total. The van der Waals surface area contributed by atoms with Crippen molar-refractivity contribution in [3.05, 3.63) is 40.2 Å². The Bertz CT molecular complexity index is 665. The van der Waals surface area contributed by atoms with Crippen molar-refractivity contribution in [2.75, 3.05) is 7.11 Å². The summed E-state index contributed by atoms with van der Waals surface area (Å²) < 4.78 is 6.77. The zero-order valence-electron chi connectivity index (χ0n) is 9.73. The van der Waals surface area contributed by atoms with Gasteiger partial charge in [0.1, 0.15) is 5.75 Å². The van der Waals surface area contributed by atoms with E-state index in [1.165, 1.54) is 4.57 Å². The lowest BCUT2D eigenvalue weighted by atomic mass is 10.1. The van der Waals surface area contributed by atoms with Crippen LogP contribution in [-0.2, 0) is 13.5 Å². The zero-order valence-corrected chi connectivity index (χ0v) is 9.73. The number of methoxy groups -OCH3 is 1. The van der Waals surface area contributed by atoms with Crippen molar-refractivity contribution in [2.45, 2.75) is 6.42 Å². The third-order valence-electron chi connectivity index (χ3n) is 2.76. The minimum atomic E-state index is -0.149. The van der Waals surface area contributed by atoms with E-state index in [4.69, 9.17) is 10.00 Å². The van der Waals surface area contributed by atoms with Crippen LogP contribution < -0.4 is 10.3 Å². The Morgan fingerprint density at radius 2 is 2.24 bits per heavy atom. The number of aryl methyl sites for hydroxylation is 1. The molecule has 0 unspecified atom stereocenters. The van der Waals surface area contributed by atoms with Crippen LogP contribution in [0.4, 0.5) is 0 Å². The van der Waals surface area contributed by atoms with Gasteiger partial charge in [-0.1, -0.05) is 12.1 Å². The van der Waals surface area contributed by atoms with Gasteiger partial charge in [-0.3, -0.25) is 4.79 Å². The normalized spacial score (nSPS) is 10.2. The van der Waals surface area contributed by atoms with Crippen LogP contribution in [-0.4, -0.2) is 11.7 Å². The van der Waals surface area contributed by atoms with E-state index in [9.17, 15) is 4.79 Å². The van der Waals surface area contributed by atoms with Crippen molar-refractivity contribution in [3.8, 4) is 11.8 Å². The molecule has 17 heavy (non-hydrogen) atoms. The number of rotatable bonds is 2. The van der Waals surface area contributed by atoms with Crippen molar-refractivity contribution in [1.82, 2.24) is 4.57 Å². The van der Waals surface area contributed by atoms with Crippen molar-refractivity contribution >= 4 is 10.9 Å². The molecule has 0 bridgehead atoms. The number of benzene rings is 1. The van der Waals surface area contributed by atoms with Gasteiger partial charge in [-0.15, -0.1) is 0 Å². The van der Waals surface area contributed by atoms with Crippen molar-refractivity contribution < 1.29 is 4.74 Å². The van der Waals surface area contributed by atoms with Gasteiger partial charge < -0.3 is 9.30 Å². The largest absolute Gasteiger partial charge is 0.495 e. The van der Waals surface area contributed by atoms with Gasteiger partial charge in [-0.2, -0.15) is 5.26 Å². The van der Waals surface area contributed by atoms with E-state index in [2.05, 4.69) is 0 Å². The minimum Gasteiger partial charge on any atom is -0.495 e. The second-order valence-corrected chi connectivity index (χ2v) is 3.77. The second kappa shape index (κ2) is 4.30. The lowest BCUT2D eigenvalue weighted by Gasteiger charge is -2.10. The molecule has 1 aromatic carbocycles. The predicted molar refractivity (Wildman–Crippen MR) is 65.1 cm³/mol. The number of para-hydroxylation sites is 1. The highest BCUT2D eigenvalue weighted by molar-refractivity contribution is 5.85. The first kappa shape index (κ1) is 11.2. The number of ether oxygens (including phenoxy) is 1. The van der Waals surface area contributed by atoms with Crippen molar-refractivity contribution in [2.24, 2.45) is 7.05 Å². The molecule has 4 heteroatoms. The Morgan fingerprint density at radius 1 is 1.47 bits per heavy atom. The van der Waals surface area contributed by atoms with Gasteiger partial charge in [0.05, 0.1) is 25.1 Å². The van der Waals surface area contributed by atoms with Gasteiger partial charge in [-0.25, -0.2) is 0 Å². The molecule has 0 fully saturated rings. The third-order valence-corrected chi connectivity index (χ3v) is 2.76. The van der Waals surface area contributed by atoms with E-state index < -0.39 is 0 Å². The molecule has 0 saturated heterocycles. The quantitative estimate of drug-likeness (QED) is 0.784. The van der Waals surface area contributed by atoms with Crippen LogP contribution in [0.2, 0.25) is 0 Å². The molecule has 0 saturated carbocycles. The summed E-state index contributed by atoms with van der Waals surface area (Å²) in [6.45, 7) is 0. The van der Waals surface area contributed by atoms with E-state index in [1.807, 2.05) is 24.3 Å². The smallest absolute Gasteiger partial charge is 0.255 e. The molecule has 0 aliphatic rings. The molecule has 86 valence electrons. The molecule has 1 heterocycles. The first-order chi connectivity index (χ1) is 8.19. The number of aromatic nitrogens is 1. The number of nitrogens with zero attached hydrogens (tertiary/aromatic N) is 2. The molecular weight excluding hydrogens is 216 g/mol. The summed E-state index contributed by atoms with van der Waals surface area (Å²) in [5.41, 5.74) is 1.11. The molecule has 2 rings (SSSR count). The maximum atomic E-state index is 12.0. The van der Waals surface area contributed by atoms with Crippen molar-refractivity contribution in [1.29, 1.82) is 5.26 Å². The van der Waals surface area contributed by atoms with Crippen LogP contribution in [0.3, 0.4) is 0 Å². The summed E-state index contributed by atoms with van der Waals surface area (Å²) in [5.74, 6) is 0.658. The van der Waals surface area contributed by atoms with Crippen LogP contribution in [0.5, 0.6) is 5.75 Å². The highest BCUT2D eigenvalue weighted by Gasteiger charge is 2.09.